The molecule has 2 aromatic heterocycles. The van der Waals surface area contributed by atoms with Gasteiger partial charge in [-0.15, -0.1) is 11.3 Å². The zero-order valence-electron chi connectivity index (χ0n) is 19.8. The first-order valence-corrected chi connectivity index (χ1v) is 12.3. The zero-order chi connectivity index (χ0) is 25.8. The molecule has 0 atom stereocenters. The third-order valence-electron chi connectivity index (χ3n) is 5.67. The molecule has 184 valence electrons. The number of aromatic carboxylic acids is 1. The monoisotopic (exact) mass is 510 g/mol. The SMILES string of the molecule is Cc1ccccc1-c1cc(Oc2ccc3nc(CC(=O)NCc4cccc(C(=O)O)c4)sc3c2)ncn1. The average Bonchev–Trinajstić information content (AvgIpc) is 3.29. The maximum atomic E-state index is 12.5. The van der Waals surface area contributed by atoms with E-state index < -0.39 is 5.97 Å². The summed E-state index contributed by atoms with van der Waals surface area (Å²) in [6, 6.07) is 21.8. The summed E-state index contributed by atoms with van der Waals surface area (Å²) in [5.74, 6) is -0.151. The summed E-state index contributed by atoms with van der Waals surface area (Å²) in [5, 5.41) is 12.6. The minimum Gasteiger partial charge on any atom is -0.478 e. The highest BCUT2D eigenvalue weighted by Crippen LogP contribution is 2.30. The zero-order valence-corrected chi connectivity index (χ0v) is 20.7. The lowest BCUT2D eigenvalue weighted by Crippen LogP contribution is -2.24. The molecule has 8 nitrogen and oxygen atoms in total. The highest BCUT2D eigenvalue weighted by Gasteiger charge is 2.12. The number of ether oxygens (including phenoxy) is 1. The molecule has 0 unspecified atom stereocenters. The van der Waals surface area contributed by atoms with Crippen LogP contribution in [0.2, 0.25) is 0 Å². The number of carboxylic acid groups (broad SMARTS) is 1. The van der Waals surface area contributed by atoms with E-state index in [1.165, 1.54) is 23.7 Å². The van der Waals surface area contributed by atoms with E-state index in [9.17, 15) is 9.59 Å². The number of amides is 1. The second-order valence-corrected chi connectivity index (χ2v) is 9.47. The Bertz CT molecular complexity index is 1620. The van der Waals surface area contributed by atoms with Crippen molar-refractivity contribution in [3.05, 3.63) is 101 Å². The molecule has 0 aliphatic carbocycles. The molecule has 5 aromatic rings. The molecular formula is C28H22N4O4S. The van der Waals surface area contributed by atoms with Crippen molar-refractivity contribution in [3.8, 4) is 22.9 Å². The summed E-state index contributed by atoms with van der Waals surface area (Å²) in [4.78, 5) is 36.8. The molecule has 0 saturated heterocycles. The van der Waals surface area contributed by atoms with Crippen LogP contribution in [0.5, 0.6) is 11.6 Å². The van der Waals surface area contributed by atoms with Gasteiger partial charge in [0.2, 0.25) is 11.8 Å². The smallest absolute Gasteiger partial charge is 0.335 e. The number of thiazole rings is 1. The standard InChI is InChI=1S/C28H22N4O4S/c1-17-5-2-3-8-21(17)23-13-26(31-16-30-23)36-20-9-10-22-24(12-20)37-27(32-22)14-25(33)29-15-18-6-4-7-19(11-18)28(34)35/h2-13,16H,14-15H2,1H3,(H,29,33)(H,34,35). The number of nitrogens with one attached hydrogen (secondary N) is 1. The summed E-state index contributed by atoms with van der Waals surface area (Å²) >= 11 is 1.42. The normalized spacial score (nSPS) is 10.8. The van der Waals surface area contributed by atoms with E-state index in [2.05, 4.69) is 20.3 Å². The lowest BCUT2D eigenvalue weighted by atomic mass is 10.1. The molecule has 0 radical (unpaired) electrons. The van der Waals surface area contributed by atoms with Crippen molar-refractivity contribution in [1.82, 2.24) is 20.3 Å². The van der Waals surface area contributed by atoms with Crippen LogP contribution in [0.1, 0.15) is 26.5 Å². The topological polar surface area (TPSA) is 114 Å². The van der Waals surface area contributed by atoms with Gasteiger partial charge in [0.05, 0.1) is 27.9 Å². The van der Waals surface area contributed by atoms with Crippen LogP contribution >= 0.6 is 11.3 Å². The van der Waals surface area contributed by atoms with Crippen LogP contribution in [0.25, 0.3) is 21.5 Å². The first kappa shape index (κ1) is 24.1. The Labute approximate surface area is 216 Å². The number of hydrogen-bond acceptors (Lipinski definition) is 7. The number of aryl methyl sites for hydroxylation is 1. The molecule has 9 heteroatoms. The molecule has 5 rings (SSSR count). The van der Waals surface area contributed by atoms with Crippen molar-refractivity contribution < 1.29 is 19.4 Å². The first-order chi connectivity index (χ1) is 17.9. The number of carboxylic acids is 1. The molecule has 0 bridgehead atoms. The van der Waals surface area contributed by atoms with Crippen molar-refractivity contribution in [1.29, 1.82) is 0 Å². The Hall–Kier alpha value is -4.63. The molecule has 3 aromatic carbocycles. The fraction of sp³-hybridized carbons (Fsp3) is 0.107. The van der Waals surface area contributed by atoms with E-state index >= 15 is 0 Å². The largest absolute Gasteiger partial charge is 0.478 e. The van der Waals surface area contributed by atoms with Gasteiger partial charge in [-0.1, -0.05) is 36.4 Å². The Kier molecular flexibility index (Phi) is 6.87. The number of aromatic nitrogens is 3. The van der Waals surface area contributed by atoms with Gasteiger partial charge in [0.25, 0.3) is 0 Å². The molecule has 1 amide bonds. The summed E-state index contributed by atoms with van der Waals surface area (Å²) < 4.78 is 6.89. The Balaban J connectivity index is 1.25. The second-order valence-electron chi connectivity index (χ2n) is 8.35. The number of benzene rings is 3. The molecule has 0 fully saturated rings. The number of carbonyl (C=O) groups is 2. The highest BCUT2D eigenvalue weighted by atomic mass is 32.1. The van der Waals surface area contributed by atoms with E-state index in [0.717, 1.165) is 32.6 Å². The quantitative estimate of drug-likeness (QED) is 0.287. The van der Waals surface area contributed by atoms with Gasteiger partial charge in [-0.3, -0.25) is 4.79 Å². The van der Waals surface area contributed by atoms with Crippen molar-refractivity contribution in [3.63, 3.8) is 0 Å². The molecule has 2 N–H and O–H groups in total. The minimum atomic E-state index is -1.00. The third kappa shape index (κ3) is 5.79. The van der Waals surface area contributed by atoms with Gasteiger partial charge < -0.3 is 15.2 Å². The fourth-order valence-corrected chi connectivity index (χ4v) is 4.82. The predicted molar refractivity (Wildman–Crippen MR) is 141 cm³/mol. The second kappa shape index (κ2) is 10.5. The van der Waals surface area contributed by atoms with Gasteiger partial charge in [0.15, 0.2) is 0 Å². The number of rotatable bonds is 8. The van der Waals surface area contributed by atoms with Crippen LogP contribution in [0.15, 0.2) is 79.1 Å². The number of hydrogen-bond donors (Lipinski definition) is 2. The van der Waals surface area contributed by atoms with Crippen LogP contribution in [-0.4, -0.2) is 31.9 Å². The van der Waals surface area contributed by atoms with Gasteiger partial charge in [-0.25, -0.2) is 19.7 Å². The summed E-state index contributed by atoms with van der Waals surface area (Å²) in [6.45, 7) is 2.27. The van der Waals surface area contributed by atoms with Crippen LogP contribution in [0.4, 0.5) is 0 Å². The molecular weight excluding hydrogens is 488 g/mol. The first-order valence-electron chi connectivity index (χ1n) is 11.5. The molecule has 2 heterocycles. The van der Waals surface area contributed by atoms with Gasteiger partial charge in [0.1, 0.15) is 17.1 Å². The summed E-state index contributed by atoms with van der Waals surface area (Å²) in [6.07, 6.45) is 1.61. The maximum absolute atomic E-state index is 12.5. The van der Waals surface area contributed by atoms with Crippen molar-refractivity contribution in [2.24, 2.45) is 0 Å². The van der Waals surface area contributed by atoms with Crippen molar-refractivity contribution >= 4 is 33.4 Å². The van der Waals surface area contributed by atoms with Gasteiger partial charge >= 0.3 is 5.97 Å². The molecule has 0 aliphatic rings. The van der Waals surface area contributed by atoms with Gasteiger partial charge in [0, 0.05) is 24.2 Å². The number of fused-ring (bicyclic) bond motifs is 1. The third-order valence-corrected chi connectivity index (χ3v) is 6.68. The van der Waals surface area contributed by atoms with Crippen LogP contribution in [0.3, 0.4) is 0 Å². The van der Waals surface area contributed by atoms with Crippen LogP contribution in [-0.2, 0) is 17.8 Å². The summed E-state index contributed by atoms with van der Waals surface area (Å²) in [7, 11) is 0. The fourth-order valence-electron chi connectivity index (χ4n) is 3.83. The number of carbonyl (C=O) groups excluding carboxylic acids is 1. The van der Waals surface area contributed by atoms with E-state index in [4.69, 9.17) is 9.84 Å². The highest BCUT2D eigenvalue weighted by molar-refractivity contribution is 7.18. The lowest BCUT2D eigenvalue weighted by Gasteiger charge is -2.08. The summed E-state index contributed by atoms with van der Waals surface area (Å²) in [5.41, 5.74) is 4.59. The number of nitrogens with zero attached hydrogens (tertiary/aromatic N) is 3. The molecule has 0 saturated carbocycles. The molecule has 0 aliphatic heterocycles. The minimum absolute atomic E-state index is 0.125. The maximum Gasteiger partial charge on any atom is 0.335 e. The van der Waals surface area contributed by atoms with Gasteiger partial charge in [-0.2, -0.15) is 0 Å². The van der Waals surface area contributed by atoms with E-state index in [0.29, 0.717) is 16.6 Å². The molecule has 37 heavy (non-hydrogen) atoms. The van der Waals surface area contributed by atoms with E-state index in [1.54, 1.807) is 24.3 Å². The van der Waals surface area contributed by atoms with Gasteiger partial charge in [-0.05, 0) is 42.3 Å². The Morgan fingerprint density at radius 2 is 1.86 bits per heavy atom. The van der Waals surface area contributed by atoms with E-state index in [1.807, 2.05) is 49.4 Å². The Morgan fingerprint density at radius 3 is 2.70 bits per heavy atom. The van der Waals surface area contributed by atoms with Crippen molar-refractivity contribution in [2.75, 3.05) is 0 Å². The van der Waals surface area contributed by atoms with Crippen LogP contribution < -0.4 is 10.1 Å². The Morgan fingerprint density at radius 1 is 1.00 bits per heavy atom. The van der Waals surface area contributed by atoms with Crippen LogP contribution in [0, 0.1) is 6.92 Å². The molecule has 0 spiro atoms. The van der Waals surface area contributed by atoms with Crippen molar-refractivity contribution in [2.45, 2.75) is 19.9 Å². The predicted octanol–water partition coefficient (Wildman–Crippen LogP) is 5.41. The lowest BCUT2D eigenvalue weighted by molar-refractivity contribution is -0.120. The van der Waals surface area contributed by atoms with E-state index in [-0.39, 0.29) is 24.4 Å². The average molecular weight is 511 g/mol.